The molecule has 0 radical (unpaired) electrons. The molecule has 1 fully saturated rings. The molecule has 1 saturated heterocycles. The average molecular weight is 364 g/mol. The molecule has 0 unspecified atom stereocenters. The summed E-state index contributed by atoms with van der Waals surface area (Å²) in [6, 6.07) is 5.84. The Bertz CT molecular complexity index is 583. The molecule has 1 aliphatic heterocycles. The lowest BCUT2D eigenvalue weighted by atomic mass is 10.0. The molecular weight excluding hydrogens is 335 g/mol. The summed E-state index contributed by atoms with van der Waals surface area (Å²) in [5, 5.41) is 2.91. The summed E-state index contributed by atoms with van der Waals surface area (Å²) in [6.07, 6.45) is 2.35. The van der Waals surface area contributed by atoms with Crippen LogP contribution >= 0.6 is 0 Å². The van der Waals surface area contributed by atoms with E-state index in [9.17, 15) is 14.0 Å². The summed E-state index contributed by atoms with van der Waals surface area (Å²) in [5.41, 5.74) is 1.00. The van der Waals surface area contributed by atoms with Crippen molar-refractivity contribution < 1.29 is 18.7 Å². The van der Waals surface area contributed by atoms with E-state index in [-0.39, 0.29) is 17.6 Å². The van der Waals surface area contributed by atoms with E-state index in [1.54, 1.807) is 17.0 Å². The van der Waals surface area contributed by atoms with Gasteiger partial charge in [0.1, 0.15) is 11.9 Å². The van der Waals surface area contributed by atoms with Crippen LogP contribution < -0.4 is 5.32 Å². The van der Waals surface area contributed by atoms with Crippen LogP contribution in [0.1, 0.15) is 38.7 Å². The van der Waals surface area contributed by atoms with Crippen molar-refractivity contribution in [3.05, 3.63) is 35.6 Å². The maximum atomic E-state index is 12.9. The van der Waals surface area contributed by atoms with Crippen LogP contribution in [0.3, 0.4) is 0 Å². The summed E-state index contributed by atoms with van der Waals surface area (Å²) >= 11 is 0. The fourth-order valence-electron chi connectivity index (χ4n) is 3.07. The highest BCUT2D eigenvalue weighted by Gasteiger charge is 2.27. The van der Waals surface area contributed by atoms with Crippen LogP contribution in [0.4, 0.5) is 4.39 Å². The first kappa shape index (κ1) is 20.4. The Labute approximate surface area is 154 Å². The molecule has 2 amide bonds. The minimum atomic E-state index is -0.480. The van der Waals surface area contributed by atoms with Gasteiger partial charge >= 0.3 is 0 Å². The van der Waals surface area contributed by atoms with Crippen molar-refractivity contribution >= 4 is 11.8 Å². The monoisotopic (exact) mass is 364 g/mol. The van der Waals surface area contributed by atoms with Gasteiger partial charge in [0, 0.05) is 19.5 Å². The fourth-order valence-corrected chi connectivity index (χ4v) is 3.07. The van der Waals surface area contributed by atoms with Crippen LogP contribution in [0.25, 0.3) is 0 Å². The fraction of sp³-hybridized carbons (Fsp3) is 0.600. The van der Waals surface area contributed by atoms with Gasteiger partial charge in [-0.1, -0.05) is 26.0 Å². The zero-order valence-corrected chi connectivity index (χ0v) is 15.7. The van der Waals surface area contributed by atoms with E-state index in [0.29, 0.717) is 57.9 Å². The molecule has 1 heterocycles. The number of carbonyl (C=O) groups is 2. The molecule has 0 bridgehead atoms. The lowest BCUT2D eigenvalue weighted by molar-refractivity contribution is -0.140. The predicted octanol–water partition coefficient (Wildman–Crippen LogP) is 2.54. The van der Waals surface area contributed by atoms with Gasteiger partial charge in [-0.05, 0) is 42.9 Å². The first-order valence-corrected chi connectivity index (χ1v) is 9.36. The number of nitrogens with zero attached hydrogens (tertiary/aromatic N) is 1. The second kappa shape index (κ2) is 10.3. The number of morpholine rings is 1. The van der Waals surface area contributed by atoms with Crippen LogP contribution in [0.2, 0.25) is 0 Å². The molecule has 26 heavy (non-hydrogen) atoms. The molecule has 5 nitrogen and oxygen atoms in total. The summed E-state index contributed by atoms with van der Waals surface area (Å²) < 4.78 is 18.2. The number of benzene rings is 1. The lowest BCUT2D eigenvalue weighted by Gasteiger charge is -2.31. The minimum Gasteiger partial charge on any atom is -0.378 e. The SMILES string of the molecule is CC(C)C[C@@H](NC(=O)CCCc1ccc(F)cc1)C(=O)N1CCOCC1. The summed E-state index contributed by atoms with van der Waals surface area (Å²) in [6.45, 7) is 6.33. The van der Waals surface area contributed by atoms with E-state index >= 15 is 0 Å². The highest BCUT2D eigenvalue weighted by molar-refractivity contribution is 5.87. The molecule has 0 saturated carbocycles. The molecule has 2 rings (SSSR count). The largest absolute Gasteiger partial charge is 0.378 e. The smallest absolute Gasteiger partial charge is 0.245 e. The van der Waals surface area contributed by atoms with Gasteiger partial charge in [-0.3, -0.25) is 9.59 Å². The third-order valence-corrected chi connectivity index (χ3v) is 4.45. The van der Waals surface area contributed by atoms with Gasteiger partial charge < -0.3 is 15.0 Å². The molecular formula is C20H29FN2O3. The number of hydrogen-bond acceptors (Lipinski definition) is 3. The number of nitrogens with one attached hydrogen (secondary N) is 1. The Morgan fingerprint density at radius 1 is 1.19 bits per heavy atom. The number of carbonyl (C=O) groups excluding carboxylic acids is 2. The second-order valence-electron chi connectivity index (χ2n) is 7.17. The minimum absolute atomic E-state index is 0.0196. The topological polar surface area (TPSA) is 58.6 Å². The van der Waals surface area contributed by atoms with Crippen LogP contribution in [-0.2, 0) is 20.7 Å². The zero-order valence-electron chi connectivity index (χ0n) is 15.7. The van der Waals surface area contributed by atoms with Crippen molar-refractivity contribution in [2.24, 2.45) is 5.92 Å². The molecule has 144 valence electrons. The molecule has 0 aliphatic carbocycles. The highest BCUT2D eigenvalue weighted by atomic mass is 19.1. The Hall–Kier alpha value is -1.95. The Morgan fingerprint density at radius 2 is 1.85 bits per heavy atom. The average Bonchev–Trinajstić information content (AvgIpc) is 2.62. The van der Waals surface area contributed by atoms with Gasteiger partial charge in [-0.25, -0.2) is 4.39 Å². The second-order valence-corrected chi connectivity index (χ2v) is 7.17. The Morgan fingerprint density at radius 3 is 2.46 bits per heavy atom. The van der Waals surface area contributed by atoms with Crippen molar-refractivity contribution in [2.45, 2.75) is 45.6 Å². The molecule has 1 aromatic carbocycles. The van der Waals surface area contributed by atoms with E-state index in [2.05, 4.69) is 5.32 Å². The molecule has 1 aliphatic rings. The number of rotatable bonds is 8. The third kappa shape index (κ3) is 6.75. The van der Waals surface area contributed by atoms with Gasteiger partial charge in [0.15, 0.2) is 0 Å². The molecule has 1 aromatic rings. The van der Waals surface area contributed by atoms with E-state index in [1.165, 1.54) is 12.1 Å². The normalized spacial score (nSPS) is 15.8. The van der Waals surface area contributed by atoms with Crippen molar-refractivity contribution in [1.82, 2.24) is 10.2 Å². The molecule has 1 atom stereocenters. The summed E-state index contributed by atoms with van der Waals surface area (Å²) in [5.74, 6) is -0.0811. The van der Waals surface area contributed by atoms with Crippen LogP contribution in [0.15, 0.2) is 24.3 Å². The predicted molar refractivity (Wildman–Crippen MR) is 98.1 cm³/mol. The van der Waals surface area contributed by atoms with Crippen molar-refractivity contribution in [3.63, 3.8) is 0 Å². The first-order chi connectivity index (χ1) is 12.5. The summed E-state index contributed by atoms with van der Waals surface area (Å²) in [4.78, 5) is 26.8. The number of ether oxygens (including phenoxy) is 1. The highest BCUT2D eigenvalue weighted by Crippen LogP contribution is 2.11. The van der Waals surface area contributed by atoms with Gasteiger partial charge in [0.25, 0.3) is 0 Å². The van der Waals surface area contributed by atoms with Crippen molar-refractivity contribution in [3.8, 4) is 0 Å². The maximum Gasteiger partial charge on any atom is 0.245 e. The summed E-state index contributed by atoms with van der Waals surface area (Å²) in [7, 11) is 0. The lowest BCUT2D eigenvalue weighted by Crippen LogP contribution is -2.52. The van der Waals surface area contributed by atoms with Crippen LogP contribution in [0, 0.1) is 11.7 Å². The Balaban J connectivity index is 1.82. The number of aryl methyl sites for hydroxylation is 1. The third-order valence-electron chi connectivity index (χ3n) is 4.45. The quantitative estimate of drug-likeness (QED) is 0.771. The standard InChI is InChI=1S/C20H29FN2O3/c1-15(2)14-18(20(25)23-10-12-26-13-11-23)22-19(24)5-3-4-16-6-8-17(21)9-7-16/h6-9,15,18H,3-5,10-14H2,1-2H3,(H,22,24)/t18-/m1/s1. The Kier molecular flexibility index (Phi) is 8.04. The van der Waals surface area contributed by atoms with Gasteiger partial charge in [0.2, 0.25) is 11.8 Å². The molecule has 6 heteroatoms. The molecule has 0 aromatic heterocycles. The van der Waals surface area contributed by atoms with Crippen molar-refractivity contribution in [2.75, 3.05) is 26.3 Å². The van der Waals surface area contributed by atoms with Crippen LogP contribution in [-0.4, -0.2) is 49.1 Å². The van der Waals surface area contributed by atoms with E-state index < -0.39 is 6.04 Å². The number of hydrogen-bond donors (Lipinski definition) is 1. The van der Waals surface area contributed by atoms with E-state index in [0.717, 1.165) is 5.56 Å². The maximum absolute atomic E-state index is 12.9. The first-order valence-electron chi connectivity index (χ1n) is 9.36. The van der Waals surface area contributed by atoms with Gasteiger partial charge in [0.05, 0.1) is 13.2 Å². The zero-order chi connectivity index (χ0) is 18.9. The van der Waals surface area contributed by atoms with E-state index in [1.807, 2.05) is 13.8 Å². The molecule has 0 spiro atoms. The molecule has 1 N–H and O–H groups in total. The number of halogens is 1. The van der Waals surface area contributed by atoms with Crippen molar-refractivity contribution in [1.29, 1.82) is 0 Å². The van der Waals surface area contributed by atoms with Gasteiger partial charge in [-0.15, -0.1) is 0 Å². The van der Waals surface area contributed by atoms with Crippen LogP contribution in [0.5, 0.6) is 0 Å². The van der Waals surface area contributed by atoms with E-state index in [4.69, 9.17) is 4.74 Å². The van der Waals surface area contributed by atoms with Gasteiger partial charge in [-0.2, -0.15) is 0 Å². The number of amides is 2.